The van der Waals surface area contributed by atoms with Gasteiger partial charge in [0, 0.05) is 12.0 Å². The highest BCUT2D eigenvalue weighted by Gasteiger charge is 2.36. The van der Waals surface area contributed by atoms with Crippen molar-refractivity contribution in [3.05, 3.63) is 23.3 Å². The van der Waals surface area contributed by atoms with Gasteiger partial charge in [-0.05, 0) is 6.07 Å². The molecule has 0 fully saturated rings. The maximum absolute atomic E-state index is 12.8. The zero-order chi connectivity index (χ0) is 13.8. The van der Waals surface area contributed by atoms with Crippen LogP contribution in [0.1, 0.15) is 11.1 Å². The van der Waals surface area contributed by atoms with Crippen molar-refractivity contribution in [2.75, 3.05) is 20.8 Å². The number of methoxy groups -OCH3 is 2. The fraction of sp³-hybridized carbons (Fsp3) is 0.455. The van der Waals surface area contributed by atoms with E-state index in [4.69, 9.17) is 15.4 Å². The van der Waals surface area contributed by atoms with Crippen molar-refractivity contribution >= 4 is 0 Å². The van der Waals surface area contributed by atoms with E-state index in [1.807, 2.05) is 0 Å². The Morgan fingerprint density at radius 1 is 1.11 bits per heavy atom. The minimum Gasteiger partial charge on any atom is -0.493 e. The van der Waals surface area contributed by atoms with Crippen LogP contribution in [0.3, 0.4) is 0 Å². The number of hydrogen-bond donors (Lipinski definition) is 1. The fourth-order valence-electron chi connectivity index (χ4n) is 1.62. The Balaban J connectivity index is 3.27. The number of rotatable bonds is 5. The first-order chi connectivity index (χ1) is 8.45. The number of halogens is 3. The molecule has 7 heteroatoms. The van der Waals surface area contributed by atoms with Crippen LogP contribution < -0.4 is 15.4 Å². The SMILES string of the molecule is COc1c(CCON)ccc(C(F)(F)F)c1OC. The van der Waals surface area contributed by atoms with Gasteiger partial charge in [0.25, 0.3) is 0 Å². The Kier molecular flexibility index (Phi) is 4.80. The van der Waals surface area contributed by atoms with E-state index in [0.717, 1.165) is 13.2 Å². The van der Waals surface area contributed by atoms with Gasteiger partial charge < -0.3 is 14.3 Å². The molecule has 0 unspecified atom stereocenters. The quantitative estimate of drug-likeness (QED) is 0.829. The van der Waals surface area contributed by atoms with Crippen molar-refractivity contribution < 1.29 is 27.5 Å². The smallest absolute Gasteiger partial charge is 0.420 e. The van der Waals surface area contributed by atoms with E-state index >= 15 is 0 Å². The molecule has 0 aliphatic rings. The molecule has 1 aromatic carbocycles. The second-order valence-electron chi connectivity index (χ2n) is 3.46. The number of ether oxygens (including phenoxy) is 2. The molecule has 0 aliphatic carbocycles. The van der Waals surface area contributed by atoms with Gasteiger partial charge in [0.2, 0.25) is 0 Å². The summed E-state index contributed by atoms with van der Waals surface area (Å²) in [6.45, 7) is 0.172. The molecule has 2 N–H and O–H groups in total. The Hall–Kier alpha value is -1.47. The maximum atomic E-state index is 12.8. The summed E-state index contributed by atoms with van der Waals surface area (Å²) in [5, 5.41) is 0. The number of hydrogen-bond acceptors (Lipinski definition) is 4. The summed E-state index contributed by atoms with van der Waals surface area (Å²) in [7, 11) is 2.45. The van der Waals surface area contributed by atoms with Gasteiger partial charge in [-0.1, -0.05) is 6.07 Å². The third kappa shape index (κ3) is 3.05. The molecular weight excluding hydrogens is 251 g/mol. The molecule has 0 aliphatic heterocycles. The van der Waals surface area contributed by atoms with Crippen molar-refractivity contribution in [3.63, 3.8) is 0 Å². The van der Waals surface area contributed by atoms with Crippen LogP contribution in [0.5, 0.6) is 11.5 Å². The van der Waals surface area contributed by atoms with Crippen molar-refractivity contribution in [2.24, 2.45) is 5.90 Å². The molecular formula is C11H14F3NO3. The number of nitrogens with two attached hydrogens (primary N) is 1. The molecule has 0 bridgehead atoms. The average Bonchev–Trinajstić information content (AvgIpc) is 2.33. The van der Waals surface area contributed by atoms with E-state index in [1.165, 1.54) is 13.2 Å². The molecule has 0 heterocycles. The Labute approximate surface area is 102 Å². The van der Waals surface area contributed by atoms with E-state index in [0.29, 0.717) is 12.0 Å². The lowest BCUT2D eigenvalue weighted by atomic mass is 10.1. The molecule has 0 saturated heterocycles. The Morgan fingerprint density at radius 3 is 2.17 bits per heavy atom. The fourth-order valence-corrected chi connectivity index (χ4v) is 1.62. The molecule has 0 saturated carbocycles. The minimum atomic E-state index is -4.50. The first-order valence-electron chi connectivity index (χ1n) is 5.08. The lowest BCUT2D eigenvalue weighted by molar-refractivity contribution is -0.138. The molecule has 1 rings (SSSR count). The second-order valence-corrected chi connectivity index (χ2v) is 3.46. The van der Waals surface area contributed by atoms with Crippen molar-refractivity contribution in [2.45, 2.75) is 12.6 Å². The summed E-state index contributed by atoms with van der Waals surface area (Å²) in [5.41, 5.74) is -0.341. The van der Waals surface area contributed by atoms with E-state index in [-0.39, 0.29) is 18.1 Å². The van der Waals surface area contributed by atoms with Gasteiger partial charge in [-0.25, -0.2) is 5.90 Å². The third-order valence-corrected chi connectivity index (χ3v) is 2.40. The molecule has 0 spiro atoms. The Morgan fingerprint density at radius 2 is 1.72 bits per heavy atom. The van der Waals surface area contributed by atoms with Crippen LogP contribution in [0, 0.1) is 0 Å². The lowest BCUT2D eigenvalue weighted by Crippen LogP contribution is -2.11. The summed E-state index contributed by atoms with van der Waals surface area (Å²) in [6, 6.07) is 2.27. The monoisotopic (exact) mass is 265 g/mol. The topological polar surface area (TPSA) is 53.7 Å². The Bertz CT molecular complexity index is 407. The van der Waals surface area contributed by atoms with Gasteiger partial charge >= 0.3 is 6.18 Å². The average molecular weight is 265 g/mol. The van der Waals surface area contributed by atoms with Gasteiger partial charge in [-0.2, -0.15) is 13.2 Å². The lowest BCUT2D eigenvalue weighted by Gasteiger charge is -2.17. The van der Waals surface area contributed by atoms with Gasteiger partial charge in [0.15, 0.2) is 11.5 Å². The molecule has 1 aromatic rings. The van der Waals surface area contributed by atoms with Crippen LogP contribution in [-0.2, 0) is 17.4 Å². The minimum absolute atomic E-state index is 0.0457. The highest BCUT2D eigenvalue weighted by molar-refractivity contribution is 5.53. The highest BCUT2D eigenvalue weighted by Crippen LogP contribution is 2.43. The first kappa shape index (κ1) is 14.6. The van der Waals surface area contributed by atoms with Gasteiger partial charge in [0.1, 0.15) is 5.56 Å². The molecule has 0 atom stereocenters. The molecule has 0 radical (unpaired) electrons. The molecule has 0 aromatic heterocycles. The van der Waals surface area contributed by atoms with Crippen LogP contribution >= 0.6 is 0 Å². The first-order valence-corrected chi connectivity index (χ1v) is 5.08. The van der Waals surface area contributed by atoms with Crippen LogP contribution in [0.2, 0.25) is 0 Å². The molecule has 18 heavy (non-hydrogen) atoms. The predicted molar refractivity (Wildman–Crippen MR) is 58.4 cm³/mol. The second kappa shape index (κ2) is 5.92. The zero-order valence-corrected chi connectivity index (χ0v) is 10.0. The van der Waals surface area contributed by atoms with E-state index < -0.39 is 11.7 Å². The third-order valence-electron chi connectivity index (χ3n) is 2.40. The van der Waals surface area contributed by atoms with Crippen LogP contribution in [0.4, 0.5) is 13.2 Å². The van der Waals surface area contributed by atoms with E-state index in [9.17, 15) is 13.2 Å². The molecule has 0 amide bonds. The van der Waals surface area contributed by atoms with Crippen LogP contribution in [0.25, 0.3) is 0 Å². The normalized spacial score (nSPS) is 11.4. The largest absolute Gasteiger partial charge is 0.493 e. The summed E-state index contributed by atoms with van der Waals surface area (Å²) < 4.78 is 48.0. The standard InChI is InChI=1S/C11H14F3NO3/c1-16-9-7(5-6-18-15)3-4-8(10(9)17-2)11(12,13)14/h3-4H,5-6,15H2,1-2H3. The highest BCUT2D eigenvalue weighted by atomic mass is 19.4. The zero-order valence-electron chi connectivity index (χ0n) is 10.0. The predicted octanol–water partition coefficient (Wildman–Crippen LogP) is 2.16. The van der Waals surface area contributed by atoms with E-state index in [1.54, 1.807) is 0 Å². The summed E-state index contributed by atoms with van der Waals surface area (Å²) in [6.07, 6.45) is -4.17. The summed E-state index contributed by atoms with van der Waals surface area (Å²) >= 11 is 0. The van der Waals surface area contributed by atoms with Crippen molar-refractivity contribution in [1.29, 1.82) is 0 Å². The number of alkyl halides is 3. The van der Waals surface area contributed by atoms with Gasteiger partial charge in [-0.3, -0.25) is 0 Å². The summed E-state index contributed by atoms with van der Waals surface area (Å²) in [5.74, 6) is 4.60. The molecule has 102 valence electrons. The maximum Gasteiger partial charge on any atom is 0.420 e. The van der Waals surface area contributed by atoms with Gasteiger partial charge in [-0.15, -0.1) is 0 Å². The van der Waals surface area contributed by atoms with Crippen molar-refractivity contribution in [3.8, 4) is 11.5 Å². The van der Waals surface area contributed by atoms with E-state index in [2.05, 4.69) is 4.84 Å². The number of benzene rings is 1. The van der Waals surface area contributed by atoms with Crippen LogP contribution in [-0.4, -0.2) is 20.8 Å². The van der Waals surface area contributed by atoms with Gasteiger partial charge in [0.05, 0.1) is 20.8 Å². The van der Waals surface area contributed by atoms with Crippen molar-refractivity contribution in [1.82, 2.24) is 0 Å². The van der Waals surface area contributed by atoms with Crippen LogP contribution in [0.15, 0.2) is 12.1 Å². The summed E-state index contributed by atoms with van der Waals surface area (Å²) in [4.78, 5) is 4.40. The molecule has 4 nitrogen and oxygen atoms in total.